The second-order valence-electron chi connectivity index (χ2n) is 3.90. The molecule has 1 aromatic heterocycles. The molecule has 0 atom stereocenters. The number of nitriles is 1. The summed E-state index contributed by atoms with van der Waals surface area (Å²) in [6.45, 7) is 0.121. The van der Waals surface area contributed by atoms with E-state index in [1.165, 1.54) is 0 Å². The summed E-state index contributed by atoms with van der Waals surface area (Å²) in [4.78, 5) is 26.3. The number of nitrogens with one attached hydrogen (secondary N) is 2. The van der Waals surface area contributed by atoms with Gasteiger partial charge in [-0.25, -0.2) is 4.98 Å². The molecule has 0 radical (unpaired) electrons. The fourth-order valence-electron chi connectivity index (χ4n) is 1.30. The maximum atomic E-state index is 12.5. The Morgan fingerprint density at radius 2 is 2.05 bits per heavy atom. The largest absolute Gasteiger partial charge is 0.416 e. The molecular formula is C12H11F3N4O2. The van der Waals surface area contributed by atoms with E-state index in [2.05, 4.69) is 10.3 Å². The molecule has 0 saturated carbocycles. The Morgan fingerprint density at radius 3 is 2.67 bits per heavy atom. The number of nitrogens with zero attached hydrogens (tertiary/aromatic N) is 2. The Bertz CT molecular complexity index is 566. The van der Waals surface area contributed by atoms with E-state index in [1.807, 2.05) is 11.4 Å². The van der Waals surface area contributed by atoms with Gasteiger partial charge >= 0.3 is 18.0 Å². The molecule has 0 fully saturated rings. The highest BCUT2D eigenvalue weighted by Crippen LogP contribution is 2.29. The third-order valence-corrected chi connectivity index (χ3v) is 2.29. The molecule has 1 aromatic rings. The molecule has 2 N–H and O–H groups in total. The van der Waals surface area contributed by atoms with Crippen LogP contribution in [0.2, 0.25) is 0 Å². The lowest BCUT2D eigenvalue weighted by Crippen LogP contribution is -2.36. The lowest BCUT2D eigenvalue weighted by atomic mass is 10.2. The van der Waals surface area contributed by atoms with Crippen LogP contribution in [0.5, 0.6) is 0 Å². The average Bonchev–Trinajstić information content (AvgIpc) is 2.42. The molecular weight excluding hydrogens is 289 g/mol. The zero-order chi connectivity index (χ0) is 15.9. The Morgan fingerprint density at radius 1 is 1.33 bits per heavy atom. The van der Waals surface area contributed by atoms with E-state index in [-0.39, 0.29) is 18.8 Å². The van der Waals surface area contributed by atoms with Gasteiger partial charge in [0.25, 0.3) is 0 Å². The van der Waals surface area contributed by atoms with Crippen molar-refractivity contribution in [2.24, 2.45) is 0 Å². The highest BCUT2D eigenvalue weighted by molar-refractivity contribution is 6.39. The first-order chi connectivity index (χ1) is 9.84. The summed E-state index contributed by atoms with van der Waals surface area (Å²) in [6.07, 6.45) is -3.10. The smallest absolute Gasteiger partial charge is 0.348 e. The van der Waals surface area contributed by atoms with Gasteiger partial charge in [0.1, 0.15) is 5.82 Å². The summed E-state index contributed by atoms with van der Waals surface area (Å²) in [7, 11) is 0. The summed E-state index contributed by atoms with van der Waals surface area (Å²) in [5.74, 6) is -2.51. The van der Waals surface area contributed by atoms with Gasteiger partial charge in [-0.05, 0) is 18.6 Å². The molecule has 0 aliphatic rings. The van der Waals surface area contributed by atoms with Crippen LogP contribution in [0.15, 0.2) is 18.3 Å². The van der Waals surface area contributed by atoms with Crippen LogP contribution in [0.3, 0.4) is 0 Å². The predicted molar refractivity (Wildman–Crippen MR) is 65.7 cm³/mol. The lowest BCUT2D eigenvalue weighted by Gasteiger charge is -2.09. The van der Waals surface area contributed by atoms with Crippen LogP contribution in [0, 0.1) is 11.3 Å². The third kappa shape index (κ3) is 5.48. The van der Waals surface area contributed by atoms with Crippen LogP contribution < -0.4 is 10.6 Å². The number of amides is 2. The SMILES string of the molecule is N#CCCCNC(=O)C(=O)Nc1cc(C(F)(F)F)ccn1. The molecule has 2 amide bonds. The van der Waals surface area contributed by atoms with Crippen molar-refractivity contribution in [2.75, 3.05) is 11.9 Å². The van der Waals surface area contributed by atoms with Crippen molar-refractivity contribution in [3.05, 3.63) is 23.9 Å². The van der Waals surface area contributed by atoms with E-state index in [9.17, 15) is 22.8 Å². The molecule has 1 rings (SSSR count). The second kappa shape index (κ2) is 7.23. The number of halogens is 3. The molecule has 21 heavy (non-hydrogen) atoms. The summed E-state index contributed by atoms with van der Waals surface area (Å²) >= 11 is 0. The van der Waals surface area contributed by atoms with Gasteiger partial charge in [-0.15, -0.1) is 0 Å². The van der Waals surface area contributed by atoms with Crippen LogP contribution in [0.4, 0.5) is 19.0 Å². The number of carbonyl (C=O) groups excluding carboxylic acids is 2. The first-order valence-electron chi connectivity index (χ1n) is 5.84. The minimum atomic E-state index is -4.57. The quantitative estimate of drug-likeness (QED) is 0.650. The molecule has 0 saturated heterocycles. The third-order valence-electron chi connectivity index (χ3n) is 2.29. The fourth-order valence-corrected chi connectivity index (χ4v) is 1.30. The number of hydrogen-bond acceptors (Lipinski definition) is 4. The van der Waals surface area contributed by atoms with Crippen molar-refractivity contribution in [1.82, 2.24) is 10.3 Å². The van der Waals surface area contributed by atoms with Gasteiger partial charge in [-0.1, -0.05) is 0 Å². The van der Waals surface area contributed by atoms with Gasteiger partial charge in [0.05, 0.1) is 11.6 Å². The fraction of sp³-hybridized carbons (Fsp3) is 0.333. The number of carbonyl (C=O) groups is 2. The van der Waals surface area contributed by atoms with Gasteiger partial charge in [0, 0.05) is 19.2 Å². The number of alkyl halides is 3. The first-order valence-corrected chi connectivity index (χ1v) is 5.84. The first kappa shape index (κ1) is 16.4. The van der Waals surface area contributed by atoms with E-state index in [1.54, 1.807) is 0 Å². The van der Waals surface area contributed by atoms with Gasteiger partial charge in [-0.3, -0.25) is 9.59 Å². The highest BCUT2D eigenvalue weighted by atomic mass is 19.4. The molecule has 112 valence electrons. The molecule has 0 bridgehead atoms. The Balaban J connectivity index is 2.59. The maximum absolute atomic E-state index is 12.5. The van der Waals surface area contributed by atoms with Crippen molar-refractivity contribution in [3.8, 4) is 6.07 Å². The van der Waals surface area contributed by atoms with Gasteiger partial charge < -0.3 is 10.6 Å². The molecule has 9 heteroatoms. The van der Waals surface area contributed by atoms with Crippen molar-refractivity contribution in [1.29, 1.82) is 5.26 Å². The summed E-state index contributed by atoms with van der Waals surface area (Å²) in [5.41, 5.74) is -0.984. The van der Waals surface area contributed by atoms with Crippen molar-refractivity contribution in [3.63, 3.8) is 0 Å². The monoisotopic (exact) mass is 300 g/mol. The van der Waals surface area contributed by atoms with Crippen LogP contribution in [0.1, 0.15) is 18.4 Å². The van der Waals surface area contributed by atoms with Crippen LogP contribution in [0.25, 0.3) is 0 Å². The number of hydrogen-bond donors (Lipinski definition) is 2. The van der Waals surface area contributed by atoms with E-state index in [0.717, 1.165) is 12.3 Å². The number of unbranched alkanes of at least 4 members (excludes halogenated alkanes) is 1. The zero-order valence-electron chi connectivity index (χ0n) is 10.7. The average molecular weight is 300 g/mol. The number of anilines is 1. The molecule has 0 aliphatic carbocycles. The van der Waals surface area contributed by atoms with Crippen LogP contribution >= 0.6 is 0 Å². The van der Waals surface area contributed by atoms with E-state index in [4.69, 9.17) is 5.26 Å². The summed E-state index contributed by atoms with van der Waals surface area (Å²) in [5, 5.41) is 12.5. The van der Waals surface area contributed by atoms with Gasteiger partial charge in [0.15, 0.2) is 0 Å². The van der Waals surface area contributed by atoms with Gasteiger partial charge in [0.2, 0.25) is 0 Å². The standard InChI is InChI=1S/C12H11F3N4O2/c13-12(14,15)8-3-6-17-9(7-8)19-11(21)10(20)18-5-2-1-4-16/h3,6-7H,1-2,5H2,(H,18,20)(H,17,19,21). The van der Waals surface area contributed by atoms with E-state index >= 15 is 0 Å². The van der Waals surface area contributed by atoms with Gasteiger partial charge in [-0.2, -0.15) is 18.4 Å². The van der Waals surface area contributed by atoms with Crippen LogP contribution in [-0.4, -0.2) is 23.3 Å². The highest BCUT2D eigenvalue weighted by Gasteiger charge is 2.31. The molecule has 1 heterocycles. The normalized spacial score (nSPS) is 10.6. The Labute approximate surface area is 118 Å². The summed E-state index contributed by atoms with van der Waals surface area (Å²) in [6, 6.07) is 3.24. The topological polar surface area (TPSA) is 94.9 Å². The van der Waals surface area contributed by atoms with Crippen molar-refractivity contribution < 1.29 is 22.8 Å². The van der Waals surface area contributed by atoms with E-state index < -0.39 is 23.6 Å². The van der Waals surface area contributed by atoms with Crippen LogP contribution in [-0.2, 0) is 15.8 Å². The minimum absolute atomic E-state index is 0.121. The van der Waals surface area contributed by atoms with Crippen molar-refractivity contribution in [2.45, 2.75) is 19.0 Å². The summed E-state index contributed by atoms with van der Waals surface area (Å²) < 4.78 is 37.4. The number of rotatable bonds is 4. The van der Waals surface area contributed by atoms with E-state index in [0.29, 0.717) is 12.5 Å². The molecule has 6 nitrogen and oxygen atoms in total. The zero-order valence-corrected chi connectivity index (χ0v) is 10.7. The molecule has 0 aromatic carbocycles. The lowest BCUT2D eigenvalue weighted by molar-refractivity contribution is -0.137. The number of aromatic nitrogens is 1. The number of pyridine rings is 1. The molecule has 0 spiro atoms. The maximum Gasteiger partial charge on any atom is 0.416 e. The minimum Gasteiger partial charge on any atom is -0.348 e. The molecule has 0 aliphatic heterocycles. The molecule has 0 unspecified atom stereocenters. The predicted octanol–water partition coefficient (Wildman–Crippen LogP) is 1.46. The second-order valence-corrected chi connectivity index (χ2v) is 3.90. The van der Waals surface area contributed by atoms with Crippen molar-refractivity contribution >= 4 is 17.6 Å². The Kier molecular flexibility index (Phi) is 5.66. The Hall–Kier alpha value is -2.63.